The molecule has 3 rings (SSSR count). The van der Waals surface area contributed by atoms with Gasteiger partial charge in [0.15, 0.2) is 0 Å². The SMILES string of the molecule is O=C1CC(C2CC2)=NN1c1cccc(Br)c1. The Morgan fingerprint density at radius 3 is 2.88 bits per heavy atom. The molecule has 0 radical (unpaired) electrons. The van der Waals surface area contributed by atoms with E-state index in [1.165, 1.54) is 17.9 Å². The summed E-state index contributed by atoms with van der Waals surface area (Å²) in [5.74, 6) is 0.654. The maximum atomic E-state index is 11.8. The van der Waals surface area contributed by atoms with Gasteiger partial charge in [0, 0.05) is 4.47 Å². The molecule has 0 unspecified atom stereocenters. The second-order valence-electron chi connectivity index (χ2n) is 4.23. The summed E-state index contributed by atoms with van der Waals surface area (Å²) in [5.41, 5.74) is 1.90. The third-order valence-electron chi connectivity index (χ3n) is 2.90. The van der Waals surface area contributed by atoms with Gasteiger partial charge in [0.1, 0.15) is 0 Å². The minimum atomic E-state index is 0.0833. The summed E-state index contributed by atoms with van der Waals surface area (Å²) < 4.78 is 0.966. The highest BCUT2D eigenvalue weighted by molar-refractivity contribution is 9.10. The number of rotatable bonds is 2. The van der Waals surface area contributed by atoms with Gasteiger partial charge in [-0.1, -0.05) is 22.0 Å². The molecule has 16 heavy (non-hydrogen) atoms. The van der Waals surface area contributed by atoms with Gasteiger partial charge in [-0.15, -0.1) is 0 Å². The van der Waals surface area contributed by atoms with Crippen LogP contribution in [-0.4, -0.2) is 11.6 Å². The number of nitrogens with zero attached hydrogens (tertiary/aromatic N) is 2. The molecule has 1 aromatic rings. The Balaban J connectivity index is 1.91. The molecule has 0 bridgehead atoms. The first-order valence-corrected chi connectivity index (χ1v) is 6.19. The second-order valence-corrected chi connectivity index (χ2v) is 5.14. The van der Waals surface area contributed by atoms with Crippen LogP contribution in [0.15, 0.2) is 33.8 Å². The Hall–Kier alpha value is -1.16. The molecule has 1 fully saturated rings. The Labute approximate surface area is 102 Å². The highest BCUT2D eigenvalue weighted by Crippen LogP contribution is 2.35. The molecule has 1 aliphatic heterocycles. The molecule has 1 saturated carbocycles. The standard InChI is InChI=1S/C12H11BrN2O/c13-9-2-1-3-10(6-9)15-12(16)7-11(14-15)8-4-5-8/h1-3,6,8H,4-5,7H2. The third-order valence-corrected chi connectivity index (χ3v) is 3.39. The summed E-state index contributed by atoms with van der Waals surface area (Å²) in [6.07, 6.45) is 2.88. The van der Waals surface area contributed by atoms with E-state index in [1.807, 2.05) is 24.3 Å². The van der Waals surface area contributed by atoms with Gasteiger partial charge in [0.25, 0.3) is 5.91 Å². The van der Waals surface area contributed by atoms with Crippen molar-refractivity contribution in [3.05, 3.63) is 28.7 Å². The fourth-order valence-corrected chi connectivity index (χ4v) is 2.29. The van der Waals surface area contributed by atoms with E-state index in [0.717, 1.165) is 15.9 Å². The van der Waals surface area contributed by atoms with E-state index in [2.05, 4.69) is 21.0 Å². The molecule has 3 nitrogen and oxygen atoms in total. The van der Waals surface area contributed by atoms with Crippen molar-refractivity contribution in [1.29, 1.82) is 0 Å². The lowest BCUT2D eigenvalue weighted by Crippen LogP contribution is -2.19. The van der Waals surface area contributed by atoms with E-state index in [9.17, 15) is 4.79 Å². The van der Waals surface area contributed by atoms with Crippen LogP contribution in [0.3, 0.4) is 0 Å². The lowest BCUT2D eigenvalue weighted by atomic mass is 10.2. The molecule has 1 amide bonds. The Kier molecular flexibility index (Phi) is 2.32. The average molecular weight is 279 g/mol. The number of hydrazone groups is 1. The van der Waals surface area contributed by atoms with E-state index < -0.39 is 0 Å². The van der Waals surface area contributed by atoms with Crippen LogP contribution in [0.25, 0.3) is 0 Å². The van der Waals surface area contributed by atoms with Gasteiger partial charge in [0.05, 0.1) is 17.8 Å². The maximum Gasteiger partial charge on any atom is 0.253 e. The van der Waals surface area contributed by atoms with Crippen molar-refractivity contribution in [2.75, 3.05) is 5.01 Å². The van der Waals surface area contributed by atoms with E-state index >= 15 is 0 Å². The molecule has 0 aromatic heterocycles. The highest BCUT2D eigenvalue weighted by Gasteiger charge is 2.35. The summed E-state index contributed by atoms with van der Waals surface area (Å²) in [6, 6.07) is 7.67. The predicted octanol–water partition coefficient (Wildman–Crippen LogP) is 2.95. The van der Waals surface area contributed by atoms with Gasteiger partial charge in [-0.3, -0.25) is 4.79 Å². The lowest BCUT2D eigenvalue weighted by molar-refractivity contribution is -0.116. The summed E-state index contributed by atoms with van der Waals surface area (Å²) in [7, 11) is 0. The lowest BCUT2D eigenvalue weighted by Gasteiger charge is -2.11. The molecule has 2 aliphatic rings. The largest absolute Gasteiger partial charge is 0.272 e. The van der Waals surface area contributed by atoms with Crippen LogP contribution in [0.4, 0.5) is 5.69 Å². The highest BCUT2D eigenvalue weighted by atomic mass is 79.9. The first kappa shape index (κ1) is 10.0. The molecule has 0 spiro atoms. The van der Waals surface area contributed by atoms with Crippen LogP contribution in [0.2, 0.25) is 0 Å². The Morgan fingerprint density at radius 2 is 2.19 bits per heavy atom. The summed E-state index contributed by atoms with van der Waals surface area (Å²) >= 11 is 3.40. The molecule has 82 valence electrons. The second kappa shape index (κ2) is 3.70. The number of halogens is 1. The number of carbonyl (C=O) groups is 1. The van der Waals surface area contributed by atoms with Crippen molar-refractivity contribution < 1.29 is 4.79 Å². The zero-order chi connectivity index (χ0) is 11.1. The number of hydrogen-bond acceptors (Lipinski definition) is 2. The van der Waals surface area contributed by atoms with Gasteiger partial charge in [-0.05, 0) is 37.0 Å². The Bertz CT molecular complexity index is 480. The van der Waals surface area contributed by atoms with Crippen molar-refractivity contribution in [2.24, 2.45) is 11.0 Å². The summed E-state index contributed by atoms with van der Waals surface area (Å²) in [4.78, 5) is 11.8. The maximum absolute atomic E-state index is 11.8. The number of benzene rings is 1. The molecular weight excluding hydrogens is 268 g/mol. The van der Waals surface area contributed by atoms with Crippen LogP contribution in [-0.2, 0) is 4.79 Å². The zero-order valence-corrected chi connectivity index (χ0v) is 10.3. The molecule has 0 saturated heterocycles. The number of hydrogen-bond donors (Lipinski definition) is 0. The first-order chi connectivity index (χ1) is 7.74. The van der Waals surface area contributed by atoms with Crippen LogP contribution >= 0.6 is 15.9 Å². The van der Waals surface area contributed by atoms with Crippen molar-refractivity contribution in [1.82, 2.24) is 0 Å². The van der Waals surface area contributed by atoms with E-state index in [-0.39, 0.29) is 5.91 Å². The van der Waals surface area contributed by atoms with E-state index in [1.54, 1.807) is 0 Å². The van der Waals surface area contributed by atoms with Crippen molar-refractivity contribution in [3.8, 4) is 0 Å². The van der Waals surface area contributed by atoms with Crippen LogP contribution in [0.1, 0.15) is 19.3 Å². The molecular formula is C12H11BrN2O. The molecule has 0 atom stereocenters. The van der Waals surface area contributed by atoms with Crippen molar-refractivity contribution in [3.63, 3.8) is 0 Å². The Morgan fingerprint density at radius 1 is 1.38 bits per heavy atom. The molecule has 1 aromatic carbocycles. The van der Waals surface area contributed by atoms with Gasteiger partial charge >= 0.3 is 0 Å². The minimum absolute atomic E-state index is 0.0833. The summed E-state index contributed by atoms with van der Waals surface area (Å²) in [6.45, 7) is 0. The fourth-order valence-electron chi connectivity index (χ4n) is 1.90. The van der Waals surface area contributed by atoms with Crippen molar-refractivity contribution >= 4 is 33.2 Å². The minimum Gasteiger partial charge on any atom is -0.272 e. The average Bonchev–Trinajstić information content (AvgIpc) is 3.02. The predicted molar refractivity (Wildman–Crippen MR) is 66.4 cm³/mol. The van der Waals surface area contributed by atoms with Gasteiger partial charge in [-0.25, -0.2) is 5.01 Å². The zero-order valence-electron chi connectivity index (χ0n) is 8.69. The van der Waals surface area contributed by atoms with Crippen molar-refractivity contribution in [2.45, 2.75) is 19.3 Å². The molecule has 1 heterocycles. The smallest absolute Gasteiger partial charge is 0.253 e. The van der Waals surface area contributed by atoms with E-state index in [0.29, 0.717) is 12.3 Å². The first-order valence-electron chi connectivity index (χ1n) is 5.40. The monoisotopic (exact) mass is 278 g/mol. The number of carbonyl (C=O) groups excluding carboxylic acids is 1. The third kappa shape index (κ3) is 1.78. The van der Waals surface area contributed by atoms with Gasteiger partial charge < -0.3 is 0 Å². The van der Waals surface area contributed by atoms with E-state index in [4.69, 9.17) is 0 Å². The van der Waals surface area contributed by atoms with Gasteiger partial charge in [0.2, 0.25) is 0 Å². The van der Waals surface area contributed by atoms with Crippen LogP contribution in [0, 0.1) is 5.92 Å². The number of anilines is 1. The molecule has 4 heteroatoms. The topological polar surface area (TPSA) is 32.7 Å². The summed E-state index contributed by atoms with van der Waals surface area (Å²) in [5, 5.41) is 5.95. The number of amides is 1. The van der Waals surface area contributed by atoms with Crippen LogP contribution < -0.4 is 5.01 Å². The fraction of sp³-hybridized carbons (Fsp3) is 0.333. The molecule has 1 aliphatic carbocycles. The normalized spacial score (nSPS) is 20.2. The molecule has 0 N–H and O–H groups in total. The van der Waals surface area contributed by atoms with Gasteiger partial charge in [-0.2, -0.15) is 5.10 Å². The quantitative estimate of drug-likeness (QED) is 0.819. The van der Waals surface area contributed by atoms with Crippen LogP contribution in [0.5, 0.6) is 0 Å².